The minimum absolute atomic E-state index is 0.148. The molecule has 3 N–H and O–H groups in total. The summed E-state index contributed by atoms with van der Waals surface area (Å²) >= 11 is 0. The van der Waals surface area contributed by atoms with Crippen LogP contribution in [0.25, 0.3) is 0 Å². The molecule has 0 aliphatic rings. The van der Waals surface area contributed by atoms with Gasteiger partial charge in [0.05, 0.1) is 6.61 Å². The molecule has 0 spiro atoms. The van der Waals surface area contributed by atoms with Crippen LogP contribution in [0.1, 0.15) is 30.0 Å². The van der Waals surface area contributed by atoms with Gasteiger partial charge in [-0.15, -0.1) is 0 Å². The minimum atomic E-state index is 0.148. The van der Waals surface area contributed by atoms with Gasteiger partial charge in [0.1, 0.15) is 5.75 Å². The van der Waals surface area contributed by atoms with Crippen molar-refractivity contribution in [2.75, 3.05) is 6.61 Å². The number of rotatable bonds is 5. The summed E-state index contributed by atoms with van der Waals surface area (Å²) in [7, 11) is 0. The highest BCUT2D eigenvalue weighted by Crippen LogP contribution is 2.22. The molecule has 90 valence electrons. The molecule has 1 aromatic carbocycles. The van der Waals surface area contributed by atoms with Gasteiger partial charge < -0.3 is 15.5 Å². The van der Waals surface area contributed by atoms with Crippen LogP contribution in [0.15, 0.2) is 12.1 Å². The van der Waals surface area contributed by atoms with Crippen LogP contribution in [0.5, 0.6) is 5.75 Å². The molecule has 0 aliphatic carbocycles. The van der Waals surface area contributed by atoms with Crippen molar-refractivity contribution < 1.29 is 10.2 Å². The van der Waals surface area contributed by atoms with Gasteiger partial charge in [-0.2, -0.15) is 0 Å². The molecular formula is C13H21NO2. The third-order valence-electron chi connectivity index (χ3n) is 2.86. The molecule has 0 saturated heterocycles. The number of hydrogen-bond acceptors (Lipinski definition) is 3. The Hall–Kier alpha value is -1.06. The zero-order valence-corrected chi connectivity index (χ0v) is 10.2. The van der Waals surface area contributed by atoms with Gasteiger partial charge in [0, 0.05) is 12.6 Å². The first-order valence-corrected chi connectivity index (χ1v) is 5.71. The third-order valence-corrected chi connectivity index (χ3v) is 2.86. The van der Waals surface area contributed by atoms with Crippen molar-refractivity contribution in [3.63, 3.8) is 0 Å². The van der Waals surface area contributed by atoms with E-state index in [1.54, 1.807) is 0 Å². The van der Waals surface area contributed by atoms with Gasteiger partial charge in [0.25, 0.3) is 0 Å². The van der Waals surface area contributed by atoms with Crippen LogP contribution < -0.4 is 5.32 Å². The zero-order valence-electron chi connectivity index (χ0n) is 10.2. The van der Waals surface area contributed by atoms with Crippen LogP contribution in [-0.4, -0.2) is 22.9 Å². The van der Waals surface area contributed by atoms with E-state index in [4.69, 9.17) is 5.11 Å². The van der Waals surface area contributed by atoms with E-state index in [1.807, 2.05) is 32.9 Å². The van der Waals surface area contributed by atoms with E-state index in [-0.39, 0.29) is 12.6 Å². The molecule has 0 saturated carbocycles. The lowest BCUT2D eigenvalue weighted by Crippen LogP contribution is -2.31. The highest BCUT2D eigenvalue weighted by molar-refractivity contribution is 5.42. The van der Waals surface area contributed by atoms with Crippen LogP contribution in [-0.2, 0) is 6.54 Å². The molecule has 0 amide bonds. The Bertz CT molecular complexity index is 323. The van der Waals surface area contributed by atoms with Gasteiger partial charge in [-0.1, -0.05) is 19.1 Å². The number of phenols is 1. The van der Waals surface area contributed by atoms with Crippen molar-refractivity contribution in [3.8, 4) is 5.75 Å². The van der Waals surface area contributed by atoms with E-state index in [0.29, 0.717) is 5.75 Å². The maximum absolute atomic E-state index is 9.64. The van der Waals surface area contributed by atoms with Gasteiger partial charge >= 0.3 is 0 Å². The Kier molecular flexibility index (Phi) is 4.77. The molecule has 3 heteroatoms. The van der Waals surface area contributed by atoms with E-state index in [0.717, 1.165) is 29.7 Å². The first-order chi connectivity index (χ1) is 7.58. The Morgan fingerprint density at radius 2 is 1.81 bits per heavy atom. The smallest absolute Gasteiger partial charge is 0.121 e. The second-order valence-corrected chi connectivity index (χ2v) is 4.25. The number of hydrogen-bond donors (Lipinski definition) is 3. The number of aromatic hydroxyl groups is 1. The van der Waals surface area contributed by atoms with Crippen molar-refractivity contribution in [1.29, 1.82) is 0 Å². The summed E-state index contributed by atoms with van der Waals surface area (Å²) < 4.78 is 0. The van der Waals surface area contributed by atoms with Gasteiger partial charge in [-0.25, -0.2) is 0 Å². The summed E-state index contributed by atoms with van der Waals surface area (Å²) in [6, 6.07) is 4.09. The lowest BCUT2D eigenvalue weighted by Gasteiger charge is -2.15. The number of nitrogens with one attached hydrogen (secondary N) is 1. The fraction of sp³-hybridized carbons (Fsp3) is 0.538. The lowest BCUT2D eigenvalue weighted by molar-refractivity contribution is 0.238. The van der Waals surface area contributed by atoms with Crippen LogP contribution in [0, 0.1) is 13.8 Å². The average molecular weight is 223 g/mol. The van der Waals surface area contributed by atoms with E-state index in [9.17, 15) is 5.11 Å². The predicted octanol–water partition coefficient (Wildman–Crippen LogP) is 1.87. The molecule has 1 unspecified atom stereocenters. The summed E-state index contributed by atoms with van der Waals surface area (Å²) in [5.74, 6) is 0.373. The normalized spacial score (nSPS) is 12.8. The minimum Gasteiger partial charge on any atom is -0.507 e. The molecule has 0 bridgehead atoms. The molecule has 0 heterocycles. The molecule has 0 aliphatic heterocycles. The van der Waals surface area contributed by atoms with Gasteiger partial charge in [0.15, 0.2) is 0 Å². The van der Waals surface area contributed by atoms with Crippen molar-refractivity contribution in [3.05, 3.63) is 28.8 Å². The molecule has 1 rings (SSSR count). The van der Waals surface area contributed by atoms with Crippen molar-refractivity contribution in [2.45, 2.75) is 39.8 Å². The van der Waals surface area contributed by atoms with E-state index in [2.05, 4.69) is 5.32 Å². The zero-order chi connectivity index (χ0) is 12.1. The summed E-state index contributed by atoms with van der Waals surface area (Å²) in [5.41, 5.74) is 2.93. The fourth-order valence-electron chi connectivity index (χ4n) is 1.75. The number of aryl methyl sites for hydroxylation is 2. The van der Waals surface area contributed by atoms with Crippen LogP contribution in [0.4, 0.5) is 0 Å². The average Bonchev–Trinajstić information content (AvgIpc) is 2.27. The van der Waals surface area contributed by atoms with Gasteiger partial charge in [-0.05, 0) is 37.0 Å². The second kappa shape index (κ2) is 5.87. The maximum Gasteiger partial charge on any atom is 0.121 e. The molecule has 0 fully saturated rings. The predicted molar refractivity (Wildman–Crippen MR) is 65.6 cm³/mol. The van der Waals surface area contributed by atoms with Crippen LogP contribution in [0.3, 0.4) is 0 Å². The van der Waals surface area contributed by atoms with Crippen molar-refractivity contribution in [2.24, 2.45) is 0 Å². The van der Waals surface area contributed by atoms with E-state index < -0.39 is 0 Å². The number of benzene rings is 1. The highest BCUT2D eigenvalue weighted by atomic mass is 16.3. The quantitative estimate of drug-likeness (QED) is 0.714. The fourth-order valence-corrected chi connectivity index (χ4v) is 1.75. The van der Waals surface area contributed by atoms with E-state index >= 15 is 0 Å². The highest BCUT2D eigenvalue weighted by Gasteiger charge is 2.06. The summed E-state index contributed by atoms with van der Waals surface area (Å²) in [6.07, 6.45) is 0.909. The van der Waals surface area contributed by atoms with Crippen molar-refractivity contribution >= 4 is 0 Å². The third kappa shape index (κ3) is 3.22. The van der Waals surface area contributed by atoms with Gasteiger partial charge in [0.2, 0.25) is 0 Å². The van der Waals surface area contributed by atoms with Crippen LogP contribution >= 0.6 is 0 Å². The molecule has 1 aromatic rings. The molecule has 0 aromatic heterocycles. The first kappa shape index (κ1) is 13.0. The maximum atomic E-state index is 9.64. The lowest BCUT2D eigenvalue weighted by atomic mass is 10.1. The summed E-state index contributed by atoms with van der Waals surface area (Å²) in [4.78, 5) is 0. The summed E-state index contributed by atoms with van der Waals surface area (Å²) in [5, 5.41) is 22.0. The Balaban J connectivity index is 2.68. The number of aliphatic hydroxyl groups excluding tert-OH is 1. The van der Waals surface area contributed by atoms with E-state index in [1.165, 1.54) is 0 Å². The van der Waals surface area contributed by atoms with Gasteiger partial charge in [-0.3, -0.25) is 0 Å². The summed E-state index contributed by atoms with van der Waals surface area (Å²) in [6.45, 7) is 6.72. The Morgan fingerprint density at radius 1 is 1.25 bits per heavy atom. The SMILES string of the molecule is CCC(CO)NCc1cc(C)c(O)c(C)c1. The molecule has 1 atom stereocenters. The number of aliphatic hydroxyl groups is 1. The molecular weight excluding hydrogens is 202 g/mol. The second-order valence-electron chi connectivity index (χ2n) is 4.25. The number of phenolic OH excluding ortho intramolecular Hbond substituents is 1. The Morgan fingerprint density at radius 3 is 2.25 bits per heavy atom. The largest absolute Gasteiger partial charge is 0.507 e. The standard InChI is InChI=1S/C13H21NO2/c1-4-12(8-15)14-7-11-5-9(2)13(16)10(3)6-11/h5-6,12,14-16H,4,7-8H2,1-3H3. The molecule has 0 radical (unpaired) electrons. The monoisotopic (exact) mass is 223 g/mol. The molecule has 16 heavy (non-hydrogen) atoms. The van der Waals surface area contributed by atoms with Crippen molar-refractivity contribution in [1.82, 2.24) is 5.32 Å². The first-order valence-electron chi connectivity index (χ1n) is 5.71. The van der Waals surface area contributed by atoms with Crippen LogP contribution in [0.2, 0.25) is 0 Å². The molecule has 3 nitrogen and oxygen atoms in total. The topological polar surface area (TPSA) is 52.5 Å². The Labute approximate surface area is 97.1 Å².